The molecule has 24 heavy (non-hydrogen) atoms. The van der Waals surface area contributed by atoms with Crippen LogP contribution in [-0.2, 0) is 4.74 Å². The normalized spacial score (nSPS) is 17.3. The molecule has 1 atom stereocenters. The maximum Gasteiger partial charge on any atom is 0.158 e. The first-order chi connectivity index (χ1) is 11.8. The van der Waals surface area contributed by atoms with Crippen LogP contribution < -0.4 is 5.32 Å². The molecule has 5 nitrogen and oxygen atoms in total. The third kappa shape index (κ3) is 3.05. The molecule has 3 aromatic rings. The second kappa shape index (κ2) is 6.71. The number of benzene rings is 1. The van der Waals surface area contributed by atoms with Crippen LogP contribution in [0.2, 0.25) is 5.02 Å². The Morgan fingerprint density at radius 1 is 1.12 bits per heavy atom. The van der Waals surface area contributed by atoms with Crippen molar-refractivity contribution < 1.29 is 4.74 Å². The summed E-state index contributed by atoms with van der Waals surface area (Å²) in [7, 11) is 0. The van der Waals surface area contributed by atoms with Gasteiger partial charge in [0.1, 0.15) is 5.69 Å². The van der Waals surface area contributed by atoms with E-state index in [0.717, 1.165) is 53.8 Å². The van der Waals surface area contributed by atoms with E-state index in [0.29, 0.717) is 5.02 Å². The minimum Gasteiger partial charge on any atom is -0.376 e. The number of ether oxygens (including phenoxy) is 1. The number of anilines is 1. The Kier molecular flexibility index (Phi) is 4.28. The Balaban J connectivity index is 1.70. The maximum atomic E-state index is 5.98. The SMILES string of the molecule is Clc1ccc(-c2nnc(NCC3CCCO3)c3cnccc23)cc1. The van der Waals surface area contributed by atoms with Gasteiger partial charge in [0, 0.05) is 46.9 Å². The van der Waals surface area contributed by atoms with E-state index in [-0.39, 0.29) is 6.10 Å². The molecular formula is C18H17ClN4O. The van der Waals surface area contributed by atoms with Crippen molar-refractivity contribution in [1.82, 2.24) is 15.2 Å². The summed E-state index contributed by atoms with van der Waals surface area (Å²) < 4.78 is 5.65. The van der Waals surface area contributed by atoms with E-state index < -0.39 is 0 Å². The zero-order valence-electron chi connectivity index (χ0n) is 13.1. The van der Waals surface area contributed by atoms with Gasteiger partial charge in [-0.05, 0) is 31.0 Å². The summed E-state index contributed by atoms with van der Waals surface area (Å²) in [6.45, 7) is 1.58. The van der Waals surface area contributed by atoms with Crippen molar-refractivity contribution in [1.29, 1.82) is 0 Å². The number of pyridine rings is 1. The zero-order chi connectivity index (χ0) is 16.4. The number of hydrogen-bond donors (Lipinski definition) is 1. The van der Waals surface area contributed by atoms with Crippen molar-refractivity contribution in [2.75, 3.05) is 18.5 Å². The van der Waals surface area contributed by atoms with Crippen molar-refractivity contribution in [2.24, 2.45) is 0 Å². The van der Waals surface area contributed by atoms with Crippen LogP contribution in [0.15, 0.2) is 42.7 Å². The number of nitrogens with zero attached hydrogens (tertiary/aromatic N) is 3. The lowest BCUT2D eigenvalue weighted by Gasteiger charge is -2.13. The summed E-state index contributed by atoms with van der Waals surface area (Å²) in [6, 6.07) is 9.58. The van der Waals surface area contributed by atoms with Crippen LogP contribution in [0.25, 0.3) is 22.0 Å². The van der Waals surface area contributed by atoms with E-state index in [1.807, 2.05) is 36.5 Å². The average molecular weight is 341 g/mol. The van der Waals surface area contributed by atoms with Gasteiger partial charge in [-0.25, -0.2) is 0 Å². The molecule has 1 aliphatic heterocycles. The second-order valence-electron chi connectivity index (χ2n) is 5.84. The van der Waals surface area contributed by atoms with Crippen molar-refractivity contribution in [3.63, 3.8) is 0 Å². The molecule has 0 spiro atoms. The summed E-state index contributed by atoms with van der Waals surface area (Å²) in [5.41, 5.74) is 1.81. The van der Waals surface area contributed by atoms with Gasteiger partial charge in [-0.3, -0.25) is 4.98 Å². The zero-order valence-corrected chi connectivity index (χ0v) is 13.8. The number of halogens is 1. The highest BCUT2D eigenvalue weighted by molar-refractivity contribution is 6.30. The van der Waals surface area contributed by atoms with Gasteiger partial charge < -0.3 is 10.1 Å². The lowest BCUT2D eigenvalue weighted by molar-refractivity contribution is 0.120. The number of rotatable bonds is 4. The van der Waals surface area contributed by atoms with Gasteiger partial charge in [0.15, 0.2) is 5.82 Å². The Morgan fingerprint density at radius 3 is 2.79 bits per heavy atom. The third-order valence-electron chi connectivity index (χ3n) is 4.22. The first-order valence-corrected chi connectivity index (χ1v) is 8.41. The maximum absolute atomic E-state index is 5.98. The molecule has 1 aromatic carbocycles. The predicted octanol–water partition coefficient (Wildman–Crippen LogP) is 3.94. The minimum atomic E-state index is 0.245. The lowest BCUT2D eigenvalue weighted by atomic mass is 10.1. The summed E-state index contributed by atoms with van der Waals surface area (Å²) in [6.07, 6.45) is 6.04. The monoisotopic (exact) mass is 340 g/mol. The van der Waals surface area contributed by atoms with Crippen LogP contribution in [0.1, 0.15) is 12.8 Å². The van der Waals surface area contributed by atoms with Crippen molar-refractivity contribution in [2.45, 2.75) is 18.9 Å². The predicted molar refractivity (Wildman–Crippen MR) is 95.2 cm³/mol. The Hall–Kier alpha value is -2.24. The van der Waals surface area contributed by atoms with Gasteiger partial charge in [0.25, 0.3) is 0 Å². The smallest absolute Gasteiger partial charge is 0.158 e. The summed E-state index contributed by atoms with van der Waals surface area (Å²) >= 11 is 5.98. The van der Waals surface area contributed by atoms with Crippen LogP contribution in [-0.4, -0.2) is 34.4 Å². The molecule has 0 bridgehead atoms. The van der Waals surface area contributed by atoms with Gasteiger partial charge in [0.2, 0.25) is 0 Å². The fourth-order valence-electron chi connectivity index (χ4n) is 2.96. The molecule has 0 radical (unpaired) electrons. The molecule has 4 rings (SSSR count). The molecule has 1 N–H and O–H groups in total. The third-order valence-corrected chi connectivity index (χ3v) is 4.47. The van der Waals surface area contributed by atoms with E-state index in [1.165, 1.54) is 0 Å². The molecule has 1 aliphatic rings. The van der Waals surface area contributed by atoms with Crippen LogP contribution in [0.4, 0.5) is 5.82 Å². The topological polar surface area (TPSA) is 59.9 Å². The molecule has 1 unspecified atom stereocenters. The van der Waals surface area contributed by atoms with Crippen LogP contribution in [0, 0.1) is 0 Å². The quantitative estimate of drug-likeness (QED) is 0.779. The molecule has 1 fully saturated rings. The summed E-state index contributed by atoms with van der Waals surface area (Å²) in [5, 5.41) is 14.8. The molecule has 122 valence electrons. The first kappa shape index (κ1) is 15.3. The number of fused-ring (bicyclic) bond motifs is 1. The van der Waals surface area contributed by atoms with Crippen LogP contribution in [0.5, 0.6) is 0 Å². The summed E-state index contributed by atoms with van der Waals surface area (Å²) in [5.74, 6) is 0.742. The molecule has 2 aromatic heterocycles. The molecule has 0 aliphatic carbocycles. The fourth-order valence-corrected chi connectivity index (χ4v) is 3.09. The standard InChI is InChI=1S/C18H17ClN4O/c19-13-5-3-12(4-6-13)17-15-7-8-20-11-16(15)18(23-22-17)21-10-14-2-1-9-24-14/h3-8,11,14H,1-2,9-10H2,(H,21,23). The molecule has 0 saturated carbocycles. The van der Waals surface area contributed by atoms with Crippen molar-refractivity contribution >= 4 is 28.2 Å². The molecule has 0 amide bonds. The van der Waals surface area contributed by atoms with Crippen molar-refractivity contribution in [3.8, 4) is 11.3 Å². The first-order valence-electron chi connectivity index (χ1n) is 8.03. The average Bonchev–Trinajstić information content (AvgIpc) is 3.14. The molecule has 6 heteroatoms. The highest BCUT2D eigenvalue weighted by atomic mass is 35.5. The molecular weight excluding hydrogens is 324 g/mol. The fraction of sp³-hybridized carbons (Fsp3) is 0.278. The lowest BCUT2D eigenvalue weighted by Crippen LogP contribution is -2.19. The van der Waals surface area contributed by atoms with E-state index in [1.54, 1.807) is 6.20 Å². The second-order valence-corrected chi connectivity index (χ2v) is 6.28. The van der Waals surface area contributed by atoms with Gasteiger partial charge in [-0.1, -0.05) is 23.7 Å². The highest BCUT2D eigenvalue weighted by Gasteiger charge is 2.17. The summed E-state index contributed by atoms with van der Waals surface area (Å²) in [4.78, 5) is 4.24. The van der Waals surface area contributed by atoms with E-state index in [9.17, 15) is 0 Å². The Bertz CT molecular complexity index is 847. The highest BCUT2D eigenvalue weighted by Crippen LogP contribution is 2.29. The largest absolute Gasteiger partial charge is 0.376 e. The van der Waals surface area contributed by atoms with Gasteiger partial charge in [-0.2, -0.15) is 0 Å². The minimum absolute atomic E-state index is 0.245. The van der Waals surface area contributed by atoms with E-state index in [2.05, 4.69) is 20.5 Å². The van der Waals surface area contributed by atoms with Gasteiger partial charge in [0.05, 0.1) is 6.10 Å². The van der Waals surface area contributed by atoms with Crippen molar-refractivity contribution in [3.05, 3.63) is 47.7 Å². The number of hydrogen-bond acceptors (Lipinski definition) is 5. The van der Waals surface area contributed by atoms with Crippen LogP contribution in [0.3, 0.4) is 0 Å². The van der Waals surface area contributed by atoms with Crippen LogP contribution >= 0.6 is 11.6 Å². The molecule has 1 saturated heterocycles. The van der Waals surface area contributed by atoms with Gasteiger partial charge >= 0.3 is 0 Å². The van der Waals surface area contributed by atoms with E-state index in [4.69, 9.17) is 16.3 Å². The number of aromatic nitrogens is 3. The van der Waals surface area contributed by atoms with Gasteiger partial charge in [-0.15, -0.1) is 10.2 Å². The Labute approximate surface area is 145 Å². The van der Waals surface area contributed by atoms with E-state index >= 15 is 0 Å². The molecule has 3 heterocycles. The Morgan fingerprint density at radius 2 is 2.00 bits per heavy atom. The number of nitrogens with one attached hydrogen (secondary N) is 1.